The van der Waals surface area contributed by atoms with Crippen molar-refractivity contribution in [2.75, 3.05) is 13.1 Å². The summed E-state index contributed by atoms with van der Waals surface area (Å²) in [6.07, 6.45) is 9.48. The molecule has 0 atom stereocenters. The largest absolute Gasteiger partial charge is 0.404 e. The molecule has 0 fully saturated rings. The van der Waals surface area contributed by atoms with E-state index in [1.807, 2.05) is 18.2 Å². The maximum absolute atomic E-state index is 5.72. The number of hydrogen-bond acceptors (Lipinski definition) is 5. The Hall–Kier alpha value is -1.79. The van der Waals surface area contributed by atoms with E-state index in [9.17, 15) is 0 Å². The standard InChI is InChI=1S/C17H22BrN5/c18-14-5-6-15-16(9-14)23-17(12-22-15)13(10-20)11-21-8-4-2-1-3-7-19/h5-6,9-12H,1-4,7-8,19-20H2. The Morgan fingerprint density at radius 1 is 1.17 bits per heavy atom. The highest BCUT2D eigenvalue weighted by atomic mass is 79.9. The van der Waals surface area contributed by atoms with Crippen LogP contribution in [0.3, 0.4) is 0 Å². The first-order valence-corrected chi connectivity index (χ1v) is 8.58. The fraction of sp³-hybridized carbons (Fsp3) is 0.353. The maximum atomic E-state index is 5.72. The summed E-state index contributed by atoms with van der Waals surface area (Å²) in [5.41, 5.74) is 14.4. The number of aromatic nitrogens is 2. The summed E-state index contributed by atoms with van der Waals surface area (Å²) in [4.78, 5) is 13.4. The molecule has 0 unspecified atom stereocenters. The van der Waals surface area contributed by atoms with Gasteiger partial charge in [0.25, 0.3) is 0 Å². The minimum atomic E-state index is 0.727. The minimum Gasteiger partial charge on any atom is -0.404 e. The summed E-state index contributed by atoms with van der Waals surface area (Å²) in [7, 11) is 0. The zero-order valence-corrected chi connectivity index (χ0v) is 14.7. The minimum absolute atomic E-state index is 0.727. The van der Waals surface area contributed by atoms with Crippen LogP contribution in [0.25, 0.3) is 16.6 Å². The monoisotopic (exact) mass is 375 g/mol. The summed E-state index contributed by atoms with van der Waals surface area (Å²) in [5.74, 6) is 0. The van der Waals surface area contributed by atoms with Gasteiger partial charge in [-0.15, -0.1) is 0 Å². The molecule has 2 rings (SSSR count). The van der Waals surface area contributed by atoms with Gasteiger partial charge in [0.05, 0.1) is 22.9 Å². The highest BCUT2D eigenvalue weighted by molar-refractivity contribution is 9.10. The summed E-state index contributed by atoms with van der Waals surface area (Å²) < 4.78 is 0.973. The highest BCUT2D eigenvalue weighted by Gasteiger charge is 2.04. The van der Waals surface area contributed by atoms with Crippen LogP contribution in [0.15, 0.2) is 40.1 Å². The van der Waals surface area contributed by atoms with Crippen molar-refractivity contribution in [3.8, 4) is 0 Å². The van der Waals surface area contributed by atoms with Crippen LogP contribution in [0.2, 0.25) is 0 Å². The molecule has 1 aromatic heterocycles. The lowest BCUT2D eigenvalue weighted by Gasteiger charge is -2.03. The van der Waals surface area contributed by atoms with Crippen LogP contribution in [-0.2, 0) is 0 Å². The Morgan fingerprint density at radius 2 is 2.00 bits per heavy atom. The van der Waals surface area contributed by atoms with Gasteiger partial charge in [0, 0.05) is 29.0 Å². The smallest absolute Gasteiger partial charge is 0.0922 e. The number of rotatable bonds is 8. The van der Waals surface area contributed by atoms with Gasteiger partial charge in [-0.25, -0.2) is 4.98 Å². The number of allylic oxidation sites excluding steroid dienone is 1. The normalized spacial score (nSPS) is 12.3. The van der Waals surface area contributed by atoms with Crippen LogP contribution < -0.4 is 11.5 Å². The van der Waals surface area contributed by atoms with E-state index >= 15 is 0 Å². The first-order chi connectivity index (χ1) is 11.2. The van der Waals surface area contributed by atoms with Gasteiger partial charge in [0.15, 0.2) is 0 Å². The van der Waals surface area contributed by atoms with Gasteiger partial charge < -0.3 is 11.5 Å². The Morgan fingerprint density at radius 3 is 2.78 bits per heavy atom. The summed E-state index contributed by atoms with van der Waals surface area (Å²) in [6.45, 7) is 1.55. The molecule has 0 aliphatic rings. The second-order valence-corrected chi connectivity index (χ2v) is 6.16. The van der Waals surface area contributed by atoms with Gasteiger partial charge in [0.1, 0.15) is 0 Å². The molecule has 0 radical (unpaired) electrons. The van der Waals surface area contributed by atoms with E-state index in [1.165, 1.54) is 6.20 Å². The number of halogens is 1. The summed E-state index contributed by atoms with van der Waals surface area (Å²) >= 11 is 3.45. The average Bonchev–Trinajstić information content (AvgIpc) is 2.57. The number of unbranched alkanes of at least 4 members (excludes halogenated alkanes) is 3. The van der Waals surface area contributed by atoms with Crippen molar-refractivity contribution < 1.29 is 0 Å². The second-order valence-electron chi connectivity index (χ2n) is 5.25. The molecule has 23 heavy (non-hydrogen) atoms. The molecule has 1 aromatic carbocycles. The van der Waals surface area contributed by atoms with E-state index in [2.05, 4.69) is 30.9 Å². The third kappa shape index (κ3) is 5.41. The van der Waals surface area contributed by atoms with E-state index in [0.29, 0.717) is 0 Å². The van der Waals surface area contributed by atoms with Gasteiger partial charge in [0.2, 0.25) is 0 Å². The summed E-state index contributed by atoms with van der Waals surface area (Å²) in [5, 5.41) is 0. The van der Waals surface area contributed by atoms with Crippen LogP contribution in [0.5, 0.6) is 0 Å². The zero-order valence-electron chi connectivity index (χ0n) is 13.1. The Bertz CT molecular complexity index is 696. The highest BCUT2D eigenvalue weighted by Crippen LogP contribution is 2.18. The first-order valence-electron chi connectivity index (χ1n) is 7.79. The van der Waals surface area contributed by atoms with Crippen LogP contribution >= 0.6 is 15.9 Å². The van der Waals surface area contributed by atoms with Crippen molar-refractivity contribution in [2.45, 2.75) is 25.7 Å². The lowest BCUT2D eigenvalue weighted by Crippen LogP contribution is -1.98. The van der Waals surface area contributed by atoms with Crippen molar-refractivity contribution in [3.63, 3.8) is 0 Å². The van der Waals surface area contributed by atoms with E-state index in [-0.39, 0.29) is 0 Å². The van der Waals surface area contributed by atoms with E-state index in [0.717, 1.165) is 65.5 Å². The molecule has 0 saturated carbocycles. The number of nitrogens with zero attached hydrogens (tertiary/aromatic N) is 3. The van der Waals surface area contributed by atoms with Gasteiger partial charge in [-0.1, -0.05) is 28.8 Å². The quantitative estimate of drug-likeness (QED) is 0.547. The Kier molecular flexibility index (Phi) is 7.16. The third-order valence-electron chi connectivity index (χ3n) is 3.45. The van der Waals surface area contributed by atoms with Crippen LogP contribution in [0.1, 0.15) is 31.4 Å². The molecule has 2 aromatic rings. The molecule has 0 saturated heterocycles. The molecule has 0 aliphatic heterocycles. The molecule has 0 amide bonds. The lowest BCUT2D eigenvalue weighted by molar-refractivity contribution is 0.654. The van der Waals surface area contributed by atoms with Gasteiger partial charge >= 0.3 is 0 Å². The molecule has 0 aliphatic carbocycles. The zero-order chi connectivity index (χ0) is 16.5. The van der Waals surface area contributed by atoms with E-state index in [1.54, 1.807) is 12.4 Å². The first kappa shape index (κ1) is 17.6. The van der Waals surface area contributed by atoms with Crippen LogP contribution in [0.4, 0.5) is 0 Å². The molecule has 0 spiro atoms. The van der Waals surface area contributed by atoms with Crippen LogP contribution in [0, 0.1) is 0 Å². The topological polar surface area (TPSA) is 90.2 Å². The van der Waals surface area contributed by atoms with Gasteiger partial charge in [-0.3, -0.25) is 9.98 Å². The van der Waals surface area contributed by atoms with Gasteiger partial charge in [-0.05, 0) is 37.6 Å². The molecule has 1 heterocycles. The second kappa shape index (κ2) is 9.37. The van der Waals surface area contributed by atoms with Crippen molar-refractivity contribution >= 4 is 38.8 Å². The molecular weight excluding hydrogens is 354 g/mol. The number of benzene rings is 1. The van der Waals surface area contributed by atoms with Crippen molar-refractivity contribution in [3.05, 3.63) is 40.8 Å². The fourth-order valence-electron chi connectivity index (χ4n) is 2.18. The molecule has 6 heteroatoms. The maximum Gasteiger partial charge on any atom is 0.0922 e. The third-order valence-corrected chi connectivity index (χ3v) is 3.94. The Balaban J connectivity index is 2.00. The predicted molar refractivity (Wildman–Crippen MR) is 100 cm³/mol. The molecule has 5 nitrogen and oxygen atoms in total. The fourth-order valence-corrected chi connectivity index (χ4v) is 2.53. The molecule has 122 valence electrons. The molecule has 4 N–H and O–H groups in total. The van der Waals surface area contributed by atoms with Crippen molar-refractivity contribution in [2.24, 2.45) is 16.5 Å². The van der Waals surface area contributed by atoms with E-state index in [4.69, 9.17) is 11.5 Å². The number of fused-ring (bicyclic) bond motifs is 1. The number of nitrogens with two attached hydrogens (primary N) is 2. The molecular formula is C17H22BrN5. The van der Waals surface area contributed by atoms with Crippen molar-refractivity contribution in [1.82, 2.24) is 9.97 Å². The number of aliphatic imine (C=N–C) groups is 1. The lowest BCUT2D eigenvalue weighted by atomic mass is 10.2. The van der Waals surface area contributed by atoms with Gasteiger partial charge in [-0.2, -0.15) is 0 Å². The molecule has 0 bridgehead atoms. The van der Waals surface area contributed by atoms with Crippen molar-refractivity contribution in [1.29, 1.82) is 0 Å². The summed E-state index contributed by atoms with van der Waals surface area (Å²) in [6, 6.07) is 5.81. The number of hydrogen-bond donors (Lipinski definition) is 2. The SMILES string of the molecule is NC=C(C=NCCCCCCN)c1cnc2ccc(Br)cc2n1. The van der Waals surface area contributed by atoms with Crippen LogP contribution in [-0.4, -0.2) is 29.3 Å². The average molecular weight is 376 g/mol. The Labute approximate surface area is 145 Å². The van der Waals surface area contributed by atoms with E-state index < -0.39 is 0 Å². The predicted octanol–water partition coefficient (Wildman–Crippen LogP) is 3.28.